The lowest BCUT2D eigenvalue weighted by Gasteiger charge is -2.18. The van der Waals surface area contributed by atoms with Crippen LogP contribution in [-0.4, -0.2) is 0 Å². The minimum atomic E-state index is -5.21. The first-order valence-corrected chi connectivity index (χ1v) is 13.8. The van der Waals surface area contributed by atoms with E-state index in [0.29, 0.717) is 24.3 Å². The fourth-order valence-corrected chi connectivity index (χ4v) is 5.41. The molecule has 0 spiro atoms. The average molecular weight is 681 g/mol. The average Bonchev–Trinajstić information content (AvgIpc) is 3.03. The van der Waals surface area contributed by atoms with Gasteiger partial charge in [-0.1, -0.05) is 48.5 Å². The van der Waals surface area contributed by atoms with Crippen LogP contribution in [0, 0.1) is 0 Å². The number of alkyl halides is 12. The van der Waals surface area contributed by atoms with Crippen LogP contribution in [0.25, 0.3) is 54.9 Å². The first-order chi connectivity index (χ1) is 23.1. The van der Waals surface area contributed by atoms with Gasteiger partial charge in [0.25, 0.3) is 0 Å². The molecule has 12 heteroatoms. The summed E-state index contributed by atoms with van der Waals surface area (Å²) in [5, 5.41) is 0.818. The molecule has 0 fully saturated rings. The fourth-order valence-electron chi connectivity index (χ4n) is 5.41. The molecular formula is C36H18F12. The van der Waals surface area contributed by atoms with Crippen molar-refractivity contribution >= 4 is 21.5 Å². The van der Waals surface area contributed by atoms with E-state index in [1.165, 1.54) is 60.7 Å². The maximum Gasteiger partial charge on any atom is 0.416 e. The predicted molar refractivity (Wildman–Crippen MR) is 158 cm³/mol. The lowest BCUT2D eigenvalue weighted by Crippen LogP contribution is -2.11. The van der Waals surface area contributed by atoms with Crippen molar-refractivity contribution in [1.82, 2.24) is 0 Å². The van der Waals surface area contributed by atoms with Crippen molar-refractivity contribution in [2.75, 3.05) is 0 Å². The summed E-state index contributed by atoms with van der Waals surface area (Å²) in [6, 6.07) is 14.6. The van der Waals surface area contributed by atoms with E-state index in [0.717, 1.165) is 0 Å². The van der Waals surface area contributed by atoms with Crippen LogP contribution < -0.4 is 0 Å². The van der Waals surface area contributed by atoms with Crippen LogP contribution in [0.5, 0.6) is 0 Å². The second kappa shape index (κ2) is 11.3. The van der Waals surface area contributed by atoms with Crippen LogP contribution in [0.15, 0.2) is 109 Å². The minimum absolute atomic E-state index is 0.0712. The highest BCUT2D eigenvalue weighted by atomic mass is 19.4. The Hall–Kier alpha value is -5.00. The molecule has 6 rings (SSSR count). The molecular weight excluding hydrogens is 660 g/mol. The minimum Gasteiger partial charge on any atom is -0.166 e. The largest absolute Gasteiger partial charge is 0.416 e. The van der Waals surface area contributed by atoms with E-state index in [9.17, 15) is 55.4 Å². The lowest BCUT2D eigenvalue weighted by atomic mass is 9.87. The summed E-state index contributed by atoms with van der Waals surface area (Å²) in [7, 11) is 0. The Morgan fingerprint density at radius 3 is 0.938 bits per heavy atom. The van der Waals surface area contributed by atoms with Gasteiger partial charge in [-0.3, -0.25) is 0 Å². The van der Waals surface area contributed by atoms with Crippen molar-refractivity contribution < 1.29 is 55.4 Å². The van der Waals surface area contributed by atoms with Gasteiger partial charge in [-0.05, 0) is 116 Å². The Morgan fingerprint density at radius 1 is 0.354 bits per heavy atom. The van der Waals surface area contributed by atoms with Gasteiger partial charge in [-0.15, -0.1) is 0 Å². The smallest absolute Gasteiger partial charge is 0.166 e. The van der Waals surface area contributed by atoms with Crippen molar-refractivity contribution in [2.24, 2.45) is 0 Å². The number of fused-ring (bicyclic) bond motifs is 2. The van der Waals surface area contributed by atoms with Crippen LogP contribution in [0.3, 0.4) is 0 Å². The third-order valence-electron chi connectivity index (χ3n) is 7.63. The van der Waals surface area contributed by atoms with Crippen LogP contribution in [0.1, 0.15) is 25.0 Å². The van der Waals surface area contributed by atoms with Crippen LogP contribution in [0.4, 0.5) is 52.7 Å². The second-order valence-electron chi connectivity index (χ2n) is 10.9. The van der Waals surface area contributed by atoms with E-state index in [1.54, 1.807) is 0 Å². The van der Waals surface area contributed by atoms with Crippen molar-refractivity contribution in [2.45, 2.75) is 24.7 Å². The quantitative estimate of drug-likeness (QED) is 0.163. The number of rotatable bonds is 3. The Bertz CT molecular complexity index is 2070. The Labute approximate surface area is 266 Å². The first kappa shape index (κ1) is 30.3. The topological polar surface area (TPSA) is 0 Å². The molecule has 0 amide bonds. The number of halogens is 12. The molecule has 0 unspecified atom stereocenters. The van der Waals surface area contributed by atoms with Gasteiger partial charge in [-0.25, -0.2) is 0 Å². The highest BCUT2D eigenvalue weighted by molar-refractivity contribution is 6.08. The molecule has 0 N–H and O–H groups in total. The molecule has 0 atom stereocenters. The summed E-state index contributed by atoms with van der Waals surface area (Å²) in [5.74, 6) is 0. The van der Waals surface area contributed by atoms with Crippen molar-refractivity contribution in [3.63, 3.8) is 0 Å². The fraction of sp³-hybridized carbons (Fsp3) is 0.111. The zero-order chi connectivity index (χ0) is 36.6. The summed E-state index contributed by atoms with van der Waals surface area (Å²) in [6.45, 7) is 0. The third kappa shape index (κ3) is 6.43. The van der Waals surface area contributed by atoms with Crippen molar-refractivity contribution in [3.8, 4) is 33.4 Å². The highest BCUT2D eigenvalue weighted by Gasteiger charge is 2.38. The SMILES string of the molecule is [2H]c1c(-c2cc(C(F)(F)F)cc(C(F)(F)F)c2)cc2ccccc2c1-c1c([2H])c(-c2cc(C(F)(F)F)cc(C(F)(F)F)c2)cc2ccccc12. The molecule has 6 aromatic carbocycles. The highest BCUT2D eigenvalue weighted by Crippen LogP contribution is 2.44. The summed E-state index contributed by atoms with van der Waals surface area (Å²) < 4.78 is 184. The molecule has 6 aromatic rings. The van der Waals surface area contributed by atoms with E-state index < -0.39 is 81.3 Å². The standard InChI is InChI=1S/C36H18F12/c37-33(38,39)25-11-23(12-26(17-25)34(40,41)42)21-9-19-5-1-3-7-29(19)31(15-21)32-16-22(10-20-6-2-4-8-30(20)32)24-13-27(35(43,44)45)18-28(14-24)36(46,47)48/h1-18H/i15D,16D. The van der Waals surface area contributed by atoms with Gasteiger partial charge in [0.1, 0.15) is 0 Å². The monoisotopic (exact) mass is 680 g/mol. The molecule has 0 saturated heterocycles. The van der Waals surface area contributed by atoms with Crippen molar-refractivity contribution in [1.29, 1.82) is 0 Å². The number of benzene rings is 6. The summed E-state index contributed by atoms with van der Waals surface area (Å²) in [5.41, 5.74) is -9.02. The molecule has 246 valence electrons. The van der Waals surface area contributed by atoms with Gasteiger partial charge >= 0.3 is 24.7 Å². The first-order valence-electron chi connectivity index (χ1n) is 14.8. The zero-order valence-corrected chi connectivity index (χ0v) is 23.8. The van der Waals surface area contributed by atoms with E-state index in [2.05, 4.69) is 0 Å². The van der Waals surface area contributed by atoms with Crippen LogP contribution >= 0.6 is 0 Å². The lowest BCUT2D eigenvalue weighted by molar-refractivity contribution is -0.144. The second-order valence-corrected chi connectivity index (χ2v) is 10.9. The maximum absolute atomic E-state index is 13.8. The number of hydrogen-bond donors (Lipinski definition) is 0. The summed E-state index contributed by atoms with van der Waals surface area (Å²) in [4.78, 5) is 0. The molecule has 48 heavy (non-hydrogen) atoms. The van der Waals surface area contributed by atoms with Gasteiger partial charge < -0.3 is 0 Å². The Kier molecular flexibility index (Phi) is 7.15. The zero-order valence-electron chi connectivity index (χ0n) is 25.8. The van der Waals surface area contributed by atoms with E-state index in [4.69, 9.17) is 0 Å². The van der Waals surface area contributed by atoms with Gasteiger partial charge in [0.2, 0.25) is 0 Å². The number of hydrogen-bond acceptors (Lipinski definition) is 0. The van der Waals surface area contributed by atoms with Gasteiger partial charge in [0, 0.05) is 0 Å². The molecule has 0 aliphatic rings. The van der Waals surface area contributed by atoms with E-state index >= 15 is 0 Å². The molecule has 0 nitrogen and oxygen atoms in total. The third-order valence-corrected chi connectivity index (χ3v) is 7.63. The van der Waals surface area contributed by atoms with E-state index in [-0.39, 0.29) is 44.8 Å². The predicted octanol–water partition coefficient (Wildman–Crippen LogP) is 13.1. The molecule has 0 saturated carbocycles. The normalized spacial score (nSPS) is 13.6. The molecule has 0 radical (unpaired) electrons. The molecule has 0 aliphatic carbocycles. The van der Waals surface area contributed by atoms with Gasteiger partial charge in [0.15, 0.2) is 0 Å². The van der Waals surface area contributed by atoms with Crippen LogP contribution in [-0.2, 0) is 24.7 Å². The van der Waals surface area contributed by atoms with Gasteiger partial charge in [-0.2, -0.15) is 52.7 Å². The summed E-state index contributed by atoms with van der Waals surface area (Å²) in [6.07, 6.45) is -20.8. The van der Waals surface area contributed by atoms with Gasteiger partial charge in [0.05, 0.1) is 25.0 Å². The maximum atomic E-state index is 13.8. The molecule has 0 aromatic heterocycles. The van der Waals surface area contributed by atoms with Crippen LogP contribution in [0.2, 0.25) is 0 Å². The Balaban J connectivity index is 1.74. The molecule has 0 bridgehead atoms. The molecule has 0 aliphatic heterocycles. The Morgan fingerprint density at radius 2 is 0.646 bits per heavy atom. The molecule has 0 heterocycles. The van der Waals surface area contributed by atoms with Crippen molar-refractivity contribution in [3.05, 3.63) is 131 Å². The van der Waals surface area contributed by atoms with E-state index in [1.807, 2.05) is 0 Å². The summed E-state index contributed by atoms with van der Waals surface area (Å²) >= 11 is 0.